The van der Waals surface area contributed by atoms with Gasteiger partial charge in [-0.05, 0) is 58.7 Å². The molecule has 4 nitrogen and oxygen atoms in total. The Morgan fingerprint density at radius 2 is 2.08 bits per heavy atom. The number of anilines is 1. The SMILES string of the molecule is COc1ccc([C@@H](C)NCC(=O)Nc2ccc(F)c(Cl)c2)cc1Br. The Bertz CT molecular complexity index is 743. The van der Waals surface area contributed by atoms with Crippen LogP contribution in [0.25, 0.3) is 0 Å². The summed E-state index contributed by atoms with van der Waals surface area (Å²) in [5.41, 5.74) is 1.47. The first-order chi connectivity index (χ1) is 11.4. The molecular formula is C17H17BrClFN2O2. The second-order valence-corrected chi connectivity index (χ2v) is 6.44. The van der Waals surface area contributed by atoms with Crippen molar-refractivity contribution in [3.05, 3.63) is 57.3 Å². The van der Waals surface area contributed by atoms with Gasteiger partial charge in [-0.2, -0.15) is 0 Å². The number of nitrogens with one attached hydrogen (secondary N) is 2. The predicted octanol–water partition coefficient (Wildman–Crippen LogP) is 4.54. The van der Waals surface area contributed by atoms with Gasteiger partial charge >= 0.3 is 0 Å². The zero-order chi connectivity index (χ0) is 17.7. The van der Waals surface area contributed by atoms with Crippen LogP contribution in [0.4, 0.5) is 10.1 Å². The molecule has 0 bridgehead atoms. The average molecular weight is 416 g/mol. The van der Waals surface area contributed by atoms with E-state index in [1.54, 1.807) is 7.11 Å². The van der Waals surface area contributed by atoms with Crippen molar-refractivity contribution >= 4 is 39.1 Å². The maximum atomic E-state index is 13.1. The van der Waals surface area contributed by atoms with Crippen molar-refractivity contribution in [1.29, 1.82) is 0 Å². The van der Waals surface area contributed by atoms with Gasteiger partial charge in [0.05, 0.1) is 23.1 Å². The van der Waals surface area contributed by atoms with Crippen molar-refractivity contribution in [3.8, 4) is 5.75 Å². The maximum absolute atomic E-state index is 13.1. The minimum absolute atomic E-state index is 0.0304. The number of halogens is 3. The van der Waals surface area contributed by atoms with Gasteiger partial charge in [0, 0.05) is 11.7 Å². The number of carbonyl (C=O) groups excluding carboxylic acids is 1. The lowest BCUT2D eigenvalue weighted by molar-refractivity contribution is -0.115. The summed E-state index contributed by atoms with van der Waals surface area (Å²) in [6.45, 7) is 2.07. The van der Waals surface area contributed by atoms with E-state index in [4.69, 9.17) is 16.3 Å². The molecule has 2 rings (SSSR count). The second-order valence-electron chi connectivity index (χ2n) is 5.17. The molecule has 0 aromatic heterocycles. The van der Waals surface area contributed by atoms with Crippen LogP contribution in [-0.4, -0.2) is 19.6 Å². The molecule has 2 aromatic rings. The Balaban J connectivity index is 1.90. The van der Waals surface area contributed by atoms with Gasteiger partial charge in [-0.25, -0.2) is 4.39 Å². The summed E-state index contributed by atoms with van der Waals surface area (Å²) in [7, 11) is 1.60. The summed E-state index contributed by atoms with van der Waals surface area (Å²) in [5.74, 6) is -0.0134. The molecule has 0 unspecified atom stereocenters. The molecule has 128 valence electrons. The summed E-state index contributed by atoms with van der Waals surface area (Å²) >= 11 is 9.13. The van der Waals surface area contributed by atoms with Crippen molar-refractivity contribution in [2.45, 2.75) is 13.0 Å². The van der Waals surface area contributed by atoms with Gasteiger partial charge in [-0.1, -0.05) is 17.7 Å². The van der Waals surface area contributed by atoms with Gasteiger partial charge < -0.3 is 15.4 Å². The van der Waals surface area contributed by atoms with Crippen LogP contribution in [0.5, 0.6) is 5.75 Å². The largest absolute Gasteiger partial charge is 0.496 e. The van der Waals surface area contributed by atoms with Crippen molar-refractivity contribution in [2.75, 3.05) is 19.0 Å². The van der Waals surface area contributed by atoms with Gasteiger partial charge in [0.1, 0.15) is 11.6 Å². The van der Waals surface area contributed by atoms with E-state index in [0.29, 0.717) is 5.69 Å². The van der Waals surface area contributed by atoms with Crippen molar-refractivity contribution in [2.24, 2.45) is 0 Å². The Labute approximate surface area is 153 Å². The molecule has 0 radical (unpaired) electrons. The fraction of sp³-hybridized carbons (Fsp3) is 0.235. The highest BCUT2D eigenvalue weighted by Gasteiger charge is 2.11. The number of methoxy groups -OCH3 is 1. The van der Waals surface area contributed by atoms with E-state index in [0.717, 1.165) is 15.8 Å². The first-order valence-corrected chi connectivity index (χ1v) is 8.39. The van der Waals surface area contributed by atoms with Crippen LogP contribution in [0, 0.1) is 5.82 Å². The normalized spacial score (nSPS) is 11.9. The van der Waals surface area contributed by atoms with E-state index in [2.05, 4.69) is 26.6 Å². The summed E-state index contributed by atoms with van der Waals surface area (Å²) in [4.78, 5) is 12.0. The van der Waals surface area contributed by atoms with E-state index < -0.39 is 5.82 Å². The van der Waals surface area contributed by atoms with E-state index >= 15 is 0 Å². The van der Waals surface area contributed by atoms with Gasteiger partial charge in [0.25, 0.3) is 0 Å². The van der Waals surface area contributed by atoms with Crippen LogP contribution < -0.4 is 15.4 Å². The van der Waals surface area contributed by atoms with Crippen LogP contribution in [0.3, 0.4) is 0 Å². The minimum Gasteiger partial charge on any atom is -0.496 e. The molecule has 0 aliphatic carbocycles. The number of benzene rings is 2. The van der Waals surface area contributed by atoms with Crippen molar-refractivity contribution in [1.82, 2.24) is 5.32 Å². The number of hydrogen-bond acceptors (Lipinski definition) is 3. The Hall–Kier alpha value is -1.63. The maximum Gasteiger partial charge on any atom is 0.238 e. The topological polar surface area (TPSA) is 50.4 Å². The lowest BCUT2D eigenvalue weighted by atomic mass is 10.1. The number of rotatable bonds is 6. The summed E-state index contributed by atoms with van der Waals surface area (Å²) in [5, 5.41) is 5.76. The number of ether oxygens (including phenoxy) is 1. The molecule has 1 atom stereocenters. The summed E-state index contributed by atoms with van der Waals surface area (Å²) < 4.78 is 19.1. The molecular weight excluding hydrogens is 399 g/mol. The fourth-order valence-electron chi connectivity index (χ4n) is 2.09. The predicted molar refractivity (Wildman–Crippen MR) is 97.2 cm³/mol. The fourth-order valence-corrected chi connectivity index (χ4v) is 2.83. The molecule has 1 amide bonds. The molecule has 0 spiro atoms. The molecule has 0 fully saturated rings. The zero-order valence-electron chi connectivity index (χ0n) is 13.2. The van der Waals surface area contributed by atoms with Crippen LogP contribution in [0.1, 0.15) is 18.5 Å². The molecule has 2 N–H and O–H groups in total. The van der Waals surface area contributed by atoms with Gasteiger partial charge in [-0.3, -0.25) is 4.79 Å². The molecule has 0 heterocycles. The quantitative estimate of drug-likeness (QED) is 0.728. The Morgan fingerprint density at radius 3 is 2.71 bits per heavy atom. The van der Waals surface area contributed by atoms with Gasteiger partial charge in [0.2, 0.25) is 5.91 Å². The molecule has 0 saturated carbocycles. The first kappa shape index (κ1) is 18.7. The first-order valence-electron chi connectivity index (χ1n) is 7.22. The molecule has 0 aliphatic heterocycles. The Kier molecular flexibility index (Phi) is 6.60. The zero-order valence-corrected chi connectivity index (χ0v) is 15.5. The van der Waals surface area contributed by atoms with Gasteiger partial charge in [-0.15, -0.1) is 0 Å². The number of carbonyl (C=O) groups is 1. The highest BCUT2D eigenvalue weighted by molar-refractivity contribution is 9.10. The highest BCUT2D eigenvalue weighted by atomic mass is 79.9. The van der Waals surface area contributed by atoms with Crippen LogP contribution >= 0.6 is 27.5 Å². The van der Waals surface area contributed by atoms with E-state index in [-0.39, 0.29) is 23.5 Å². The van der Waals surface area contributed by atoms with Crippen LogP contribution in [-0.2, 0) is 4.79 Å². The lowest BCUT2D eigenvalue weighted by Crippen LogP contribution is -2.30. The standard InChI is InChI=1S/C17H17BrClFN2O2/c1-10(11-3-6-16(24-2)13(18)7-11)21-9-17(23)22-12-4-5-15(20)14(19)8-12/h3-8,10,21H,9H2,1-2H3,(H,22,23)/t10-/m1/s1. The molecule has 0 saturated heterocycles. The lowest BCUT2D eigenvalue weighted by Gasteiger charge is -2.15. The van der Waals surface area contributed by atoms with Crippen LogP contribution in [0.15, 0.2) is 40.9 Å². The van der Waals surface area contributed by atoms with E-state index in [9.17, 15) is 9.18 Å². The third-order valence-electron chi connectivity index (χ3n) is 3.45. The third-order valence-corrected chi connectivity index (χ3v) is 4.36. The molecule has 0 aliphatic rings. The number of amides is 1. The number of hydrogen-bond donors (Lipinski definition) is 2. The minimum atomic E-state index is -0.522. The van der Waals surface area contributed by atoms with Crippen molar-refractivity contribution < 1.29 is 13.9 Å². The highest BCUT2D eigenvalue weighted by Crippen LogP contribution is 2.28. The van der Waals surface area contributed by atoms with Crippen LogP contribution in [0.2, 0.25) is 5.02 Å². The third kappa shape index (κ3) is 4.93. The van der Waals surface area contributed by atoms with E-state index in [1.807, 2.05) is 25.1 Å². The molecule has 2 aromatic carbocycles. The van der Waals surface area contributed by atoms with E-state index in [1.165, 1.54) is 18.2 Å². The van der Waals surface area contributed by atoms with Crippen molar-refractivity contribution in [3.63, 3.8) is 0 Å². The smallest absolute Gasteiger partial charge is 0.238 e. The molecule has 7 heteroatoms. The second kappa shape index (κ2) is 8.46. The monoisotopic (exact) mass is 414 g/mol. The summed E-state index contributed by atoms with van der Waals surface area (Å²) in [6.07, 6.45) is 0. The Morgan fingerprint density at radius 1 is 1.33 bits per heavy atom. The summed E-state index contributed by atoms with van der Waals surface area (Å²) in [6, 6.07) is 9.74. The van der Waals surface area contributed by atoms with Gasteiger partial charge in [0.15, 0.2) is 0 Å². The average Bonchev–Trinajstić information content (AvgIpc) is 2.56. The molecule has 24 heavy (non-hydrogen) atoms.